The topological polar surface area (TPSA) is 38.7 Å². The van der Waals surface area contributed by atoms with Gasteiger partial charge in [-0.1, -0.05) is 115 Å². The number of aryl methyl sites for hydroxylation is 4. The number of hydrogen-bond donors (Lipinski definition) is 0. The molecule has 0 bridgehead atoms. The fourth-order valence-electron chi connectivity index (χ4n) is 8.48. The molecule has 330 valence electrons. The van der Waals surface area contributed by atoms with Crippen molar-refractivity contribution in [2.75, 3.05) is 0 Å². The Morgan fingerprint density at radius 1 is 0.368 bits per heavy atom. The van der Waals surface area contributed by atoms with Crippen molar-refractivity contribution in [3.63, 3.8) is 0 Å². The minimum atomic E-state index is -0.346. The molecule has 3 aromatic heterocycles. The van der Waals surface area contributed by atoms with Gasteiger partial charge in [-0.15, -0.1) is 95.6 Å². The van der Waals surface area contributed by atoms with Gasteiger partial charge in [-0.2, -0.15) is 0 Å². The van der Waals surface area contributed by atoms with Gasteiger partial charge < -0.3 is 15.0 Å². The summed E-state index contributed by atoms with van der Waals surface area (Å²) in [5, 5.41) is 0. The van der Waals surface area contributed by atoms with Crippen LogP contribution >= 0.6 is 0 Å². The second-order valence-electron chi connectivity index (χ2n) is 16.5. The molecular formula is C61H41F3IrN3. The molecule has 0 aliphatic rings. The second-order valence-corrected chi connectivity index (χ2v) is 16.5. The predicted octanol–water partition coefficient (Wildman–Crippen LogP) is 14.9. The zero-order chi connectivity index (χ0) is 45.5. The first-order valence-corrected chi connectivity index (χ1v) is 22.2. The van der Waals surface area contributed by atoms with Crippen LogP contribution in [0, 0.1) is 35.7 Å². The number of benzene rings is 7. The van der Waals surface area contributed by atoms with Crippen molar-refractivity contribution in [3.05, 3.63) is 258 Å². The molecule has 68 heavy (non-hydrogen) atoms. The average Bonchev–Trinajstić information content (AvgIpc) is 3.38. The van der Waals surface area contributed by atoms with E-state index in [0.717, 1.165) is 102 Å². The molecule has 0 atom stereocenters. The van der Waals surface area contributed by atoms with E-state index in [0.29, 0.717) is 24.0 Å². The summed E-state index contributed by atoms with van der Waals surface area (Å²) in [6.45, 7) is 0. The van der Waals surface area contributed by atoms with Crippen molar-refractivity contribution in [2.24, 2.45) is 0 Å². The molecule has 0 aliphatic heterocycles. The third kappa shape index (κ3) is 10.5. The average molecular weight is 1070 g/mol. The zero-order valence-corrected chi connectivity index (χ0v) is 39.1. The molecule has 0 saturated carbocycles. The van der Waals surface area contributed by atoms with Crippen LogP contribution in [-0.4, -0.2) is 15.0 Å². The molecule has 0 saturated heterocycles. The molecule has 7 heteroatoms. The smallest absolute Gasteiger partial charge is 0.304 e. The largest absolute Gasteiger partial charge is 3.00 e. The number of nitrogens with zero attached hydrogens (tertiary/aromatic N) is 3. The molecule has 0 fully saturated rings. The molecule has 10 rings (SSSR count). The molecule has 0 N–H and O–H groups in total. The Morgan fingerprint density at radius 3 is 1.49 bits per heavy atom. The van der Waals surface area contributed by atoms with Crippen LogP contribution in [0.1, 0.15) is 22.3 Å². The van der Waals surface area contributed by atoms with Crippen molar-refractivity contribution in [1.29, 1.82) is 0 Å². The standard InChI is InChI=1S/C61H41F3N3.Ir/c62-52-28-24-49(25-29-52)58-32-18-41(38-65-58)14-16-43-34-44(17-15-42-19-33-59(66-39-42)50-26-30-53(63)31-27-50)36-51(35-43)54-12-7-13-57(64)61(54)56-40-67-60(48-10-5-2-6-11-48)37-55(56)47-22-20-46(21-23-47)45-8-3-1-4-9-45;/h1-10,12-13,18-24,26,28-40H,14-17H2;/q-3;+3. The summed E-state index contributed by atoms with van der Waals surface area (Å²) in [5.74, 6) is -1.03. The van der Waals surface area contributed by atoms with Gasteiger partial charge in [0.05, 0.1) is 0 Å². The third-order valence-electron chi connectivity index (χ3n) is 12.0. The van der Waals surface area contributed by atoms with Gasteiger partial charge in [0.25, 0.3) is 0 Å². The molecule has 7 aromatic carbocycles. The summed E-state index contributed by atoms with van der Waals surface area (Å²) in [4.78, 5) is 14.3. The number of rotatable bonds is 13. The summed E-state index contributed by atoms with van der Waals surface area (Å²) < 4.78 is 44.0. The number of halogens is 3. The number of aromatic nitrogens is 3. The third-order valence-corrected chi connectivity index (χ3v) is 12.0. The van der Waals surface area contributed by atoms with Gasteiger partial charge >= 0.3 is 20.1 Å². The van der Waals surface area contributed by atoms with Crippen LogP contribution in [0.25, 0.3) is 78.3 Å². The van der Waals surface area contributed by atoms with Crippen LogP contribution in [0.15, 0.2) is 201 Å². The monoisotopic (exact) mass is 1070 g/mol. The Morgan fingerprint density at radius 2 is 0.926 bits per heavy atom. The van der Waals surface area contributed by atoms with Crippen molar-refractivity contribution in [2.45, 2.75) is 25.7 Å². The van der Waals surface area contributed by atoms with Crippen LogP contribution < -0.4 is 0 Å². The fourth-order valence-corrected chi connectivity index (χ4v) is 8.48. The van der Waals surface area contributed by atoms with Crippen molar-refractivity contribution >= 4 is 0 Å². The van der Waals surface area contributed by atoms with E-state index in [1.54, 1.807) is 24.4 Å². The van der Waals surface area contributed by atoms with E-state index in [1.807, 2.05) is 91.3 Å². The first kappa shape index (κ1) is 45.6. The molecule has 0 amide bonds. The Labute approximate surface area is 408 Å². The van der Waals surface area contributed by atoms with Gasteiger partial charge in [0.1, 0.15) is 5.82 Å². The Kier molecular flexibility index (Phi) is 14.0. The van der Waals surface area contributed by atoms with Crippen molar-refractivity contribution in [3.8, 4) is 78.3 Å². The van der Waals surface area contributed by atoms with E-state index >= 15 is 4.39 Å². The van der Waals surface area contributed by atoms with Crippen molar-refractivity contribution < 1.29 is 33.3 Å². The van der Waals surface area contributed by atoms with Gasteiger partial charge in [-0.25, -0.2) is 4.39 Å². The maximum atomic E-state index is 16.8. The van der Waals surface area contributed by atoms with Gasteiger partial charge in [0, 0.05) is 41.4 Å². The molecule has 0 radical (unpaired) electrons. The molecule has 0 unspecified atom stereocenters. The minimum Gasteiger partial charge on any atom is -0.304 e. The summed E-state index contributed by atoms with van der Waals surface area (Å²) in [7, 11) is 0. The summed E-state index contributed by atoms with van der Waals surface area (Å²) in [6.07, 6.45) is 8.38. The second kappa shape index (κ2) is 20.9. The van der Waals surface area contributed by atoms with Crippen LogP contribution in [-0.2, 0) is 45.8 Å². The Bertz CT molecular complexity index is 3160. The van der Waals surface area contributed by atoms with E-state index in [2.05, 4.69) is 82.8 Å². The summed E-state index contributed by atoms with van der Waals surface area (Å²) >= 11 is 0. The van der Waals surface area contributed by atoms with E-state index < -0.39 is 0 Å². The zero-order valence-electron chi connectivity index (χ0n) is 36.7. The van der Waals surface area contributed by atoms with Crippen LogP contribution in [0.5, 0.6) is 0 Å². The summed E-state index contributed by atoms with van der Waals surface area (Å²) in [5.41, 5.74) is 15.6. The van der Waals surface area contributed by atoms with E-state index in [9.17, 15) is 8.78 Å². The molecule has 10 aromatic rings. The van der Waals surface area contributed by atoms with Gasteiger partial charge in [0.2, 0.25) is 0 Å². The quantitative estimate of drug-likeness (QED) is 0.108. The van der Waals surface area contributed by atoms with Crippen LogP contribution in [0.4, 0.5) is 13.2 Å². The maximum absolute atomic E-state index is 16.8. The minimum absolute atomic E-state index is 0. The molecule has 3 heterocycles. The van der Waals surface area contributed by atoms with Crippen LogP contribution in [0.3, 0.4) is 0 Å². The summed E-state index contributed by atoms with van der Waals surface area (Å²) in [6, 6.07) is 66.3. The van der Waals surface area contributed by atoms with Gasteiger partial charge in [0.15, 0.2) is 0 Å². The molecule has 0 aliphatic carbocycles. The number of pyridine rings is 3. The Balaban J connectivity index is 0.00000578. The molecule has 0 spiro atoms. The number of hydrogen-bond acceptors (Lipinski definition) is 3. The predicted molar refractivity (Wildman–Crippen MR) is 262 cm³/mol. The van der Waals surface area contributed by atoms with Gasteiger partial charge in [-0.3, -0.25) is 8.78 Å². The van der Waals surface area contributed by atoms with Crippen molar-refractivity contribution in [1.82, 2.24) is 15.0 Å². The fraction of sp³-hybridized carbons (Fsp3) is 0.0656. The SMILES string of the molecule is Fc1c[c-]c(-c2ccc(CCc3cc(CCc4ccc(-c5[c-]cc(F)cc5)nc4)cc(-c4cccc(F)c4-c4cnc(-c5[c-]cccc5)cc4-c4ccc(-c5ccccc5)cc4)c3)cn2)cc1.[Ir+3]. The molecule has 3 nitrogen and oxygen atoms in total. The van der Waals surface area contributed by atoms with E-state index in [1.165, 1.54) is 30.3 Å². The molecular weight excluding hydrogens is 1020 g/mol. The van der Waals surface area contributed by atoms with E-state index in [-0.39, 0.29) is 37.6 Å². The van der Waals surface area contributed by atoms with E-state index in [4.69, 9.17) is 4.98 Å². The first-order chi connectivity index (χ1) is 32.9. The Hall–Kier alpha value is -7.57. The first-order valence-electron chi connectivity index (χ1n) is 22.2. The van der Waals surface area contributed by atoms with Gasteiger partial charge in [-0.05, 0) is 104 Å². The normalized spacial score (nSPS) is 11.0. The maximum Gasteiger partial charge on any atom is 3.00 e. The van der Waals surface area contributed by atoms with Crippen LogP contribution in [0.2, 0.25) is 0 Å².